The fourth-order valence-electron chi connectivity index (χ4n) is 3.26. The number of benzene rings is 3. The fourth-order valence-corrected chi connectivity index (χ4v) is 4.71. The molecule has 0 aliphatic heterocycles. The largest absolute Gasteiger partial charge is 0.496 e. The van der Waals surface area contributed by atoms with E-state index in [0.29, 0.717) is 22.0 Å². The van der Waals surface area contributed by atoms with Crippen LogP contribution >= 0.6 is 11.6 Å². The molecule has 0 bridgehead atoms. The summed E-state index contributed by atoms with van der Waals surface area (Å²) in [7, 11) is -2.45. The van der Waals surface area contributed by atoms with E-state index in [2.05, 4.69) is 10.0 Å². The Balaban J connectivity index is 1.90. The number of ether oxygens (including phenoxy) is 1. The number of rotatable bonds is 8. The summed E-state index contributed by atoms with van der Waals surface area (Å²) in [6, 6.07) is 17.9. The monoisotopic (exact) mass is 472 g/mol. The van der Waals surface area contributed by atoms with Crippen molar-refractivity contribution < 1.29 is 17.9 Å². The molecule has 0 saturated carbocycles. The van der Waals surface area contributed by atoms with Crippen LogP contribution in [0.5, 0.6) is 5.75 Å². The van der Waals surface area contributed by atoms with Gasteiger partial charge in [-0.3, -0.25) is 4.79 Å². The van der Waals surface area contributed by atoms with Crippen LogP contribution in [-0.4, -0.2) is 27.5 Å². The van der Waals surface area contributed by atoms with Gasteiger partial charge in [0, 0.05) is 10.7 Å². The number of hydrogen-bond acceptors (Lipinski definition) is 4. The van der Waals surface area contributed by atoms with E-state index in [-0.39, 0.29) is 11.3 Å². The zero-order chi connectivity index (χ0) is 23.3. The van der Waals surface area contributed by atoms with Crippen molar-refractivity contribution in [3.8, 4) is 5.75 Å². The second-order valence-electron chi connectivity index (χ2n) is 7.44. The van der Waals surface area contributed by atoms with Gasteiger partial charge in [0.25, 0.3) is 0 Å². The van der Waals surface area contributed by atoms with Crippen molar-refractivity contribution >= 4 is 33.2 Å². The highest BCUT2D eigenvalue weighted by atomic mass is 35.5. The van der Waals surface area contributed by atoms with Crippen molar-refractivity contribution in [1.82, 2.24) is 4.72 Å². The quantitative estimate of drug-likeness (QED) is 0.505. The van der Waals surface area contributed by atoms with Gasteiger partial charge in [0.2, 0.25) is 15.9 Å². The minimum atomic E-state index is -3.98. The van der Waals surface area contributed by atoms with Crippen LogP contribution in [0.4, 0.5) is 5.69 Å². The van der Waals surface area contributed by atoms with E-state index in [4.69, 9.17) is 16.3 Å². The van der Waals surface area contributed by atoms with Crippen LogP contribution in [0, 0.1) is 13.8 Å². The van der Waals surface area contributed by atoms with Gasteiger partial charge in [0.15, 0.2) is 0 Å². The Hall–Kier alpha value is -2.87. The van der Waals surface area contributed by atoms with E-state index in [1.807, 2.05) is 37.3 Å². The maximum absolute atomic E-state index is 13.2. The molecule has 3 rings (SSSR count). The van der Waals surface area contributed by atoms with Crippen LogP contribution in [0.2, 0.25) is 5.02 Å². The lowest BCUT2D eigenvalue weighted by Gasteiger charge is -2.20. The number of carbonyl (C=O) groups is 1. The Morgan fingerprint density at radius 1 is 1.00 bits per heavy atom. The van der Waals surface area contributed by atoms with Crippen LogP contribution in [0.1, 0.15) is 16.7 Å². The molecule has 3 aromatic carbocycles. The molecule has 0 aliphatic carbocycles. The van der Waals surface area contributed by atoms with Gasteiger partial charge in [-0.25, -0.2) is 8.42 Å². The number of nitrogens with one attached hydrogen (secondary N) is 2. The van der Waals surface area contributed by atoms with E-state index in [1.54, 1.807) is 31.2 Å². The lowest BCUT2D eigenvalue weighted by atomic mass is 10.1. The normalized spacial score (nSPS) is 12.2. The van der Waals surface area contributed by atoms with Gasteiger partial charge in [-0.2, -0.15) is 4.72 Å². The highest BCUT2D eigenvalue weighted by Crippen LogP contribution is 2.23. The predicted molar refractivity (Wildman–Crippen MR) is 127 cm³/mol. The Labute approximate surface area is 193 Å². The van der Waals surface area contributed by atoms with Crippen molar-refractivity contribution in [3.05, 3.63) is 88.4 Å². The van der Waals surface area contributed by atoms with Crippen LogP contribution in [0.3, 0.4) is 0 Å². The summed E-state index contributed by atoms with van der Waals surface area (Å²) in [6.45, 7) is 3.59. The molecule has 1 amide bonds. The molecule has 168 valence electrons. The Morgan fingerprint density at radius 2 is 1.72 bits per heavy atom. The molecule has 1 atom stereocenters. The summed E-state index contributed by atoms with van der Waals surface area (Å²) in [5.74, 6) is 0.104. The van der Waals surface area contributed by atoms with E-state index in [0.717, 1.165) is 11.1 Å². The number of methoxy groups -OCH3 is 1. The van der Waals surface area contributed by atoms with E-state index in [1.165, 1.54) is 19.2 Å². The van der Waals surface area contributed by atoms with Crippen molar-refractivity contribution in [1.29, 1.82) is 0 Å². The molecule has 0 aliphatic rings. The average molecular weight is 473 g/mol. The van der Waals surface area contributed by atoms with Crippen LogP contribution in [-0.2, 0) is 21.2 Å². The minimum absolute atomic E-state index is 0.0561. The Morgan fingerprint density at radius 3 is 2.38 bits per heavy atom. The first kappa shape index (κ1) is 23.8. The van der Waals surface area contributed by atoms with Gasteiger partial charge in [-0.1, -0.05) is 48.0 Å². The molecule has 0 heterocycles. The molecule has 2 N–H and O–H groups in total. The van der Waals surface area contributed by atoms with E-state index in [9.17, 15) is 13.2 Å². The fraction of sp³-hybridized carbons (Fsp3) is 0.208. The second-order valence-corrected chi connectivity index (χ2v) is 9.59. The van der Waals surface area contributed by atoms with Crippen molar-refractivity contribution in [2.75, 3.05) is 12.4 Å². The minimum Gasteiger partial charge on any atom is -0.496 e. The van der Waals surface area contributed by atoms with Crippen LogP contribution < -0.4 is 14.8 Å². The molecule has 0 unspecified atom stereocenters. The van der Waals surface area contributed by atoms with Crippen molar-refractivity contribution in [3.63, 3.8) is 0 Å². The van der Waals surface area contributed by atoms with Gasteiger partial charge >= 0.3 is 0 Å². The number of anilines is 1. The lowest BCUT2D eigenvalue weighted by molar-refractivity contribution is -0.117. The summed E-state index contributed by atoms with van der Waals surface area (Å²) in [4.78, 5) is 13.2. The third-order valence-electron chi connectivity index (χ3n) is 5.03. The van der Waals surface area contributed by atoms with Gasteiger partial charge in [0.1, 0.15) is 11.8 Å². The number of aryl methyl sites for hydroxylation is 2. The topological polar surface area (TPSA) is 84.5 Å². The zero-order valence-corrected chi connectivity index (χ0v) is 19.6. The molecule has 0 aromatic heterocycles. The number of amides is 1. The summed E-state index contributed by atoms with van der Waals surface area (Å²) < 4.78 is 34.0. The SMILES string of the molecule is COc1ccc(S(=O)(=O)N[C@@H](Cc2ccccc2)C(=O)Nc2cc(Cl)ccc2C)cc1C. The van der Waals surface area contributed by atoms with E-state index >= 15 is 0 Å². The highest BCUT2D eigenvalue weighted by molar-refractivity contribution is 7.89. The van der Waals surface area contributed by atoms with Crippen LogP contribution in [0.15, 0.2) is 71.6 Å². The Kier molecular flexibility index (Phi) is 7.56. The molecule has 0 fully saturated rings. The summed E-state index contributed by atoms with van der Waals surface area (Å²) >= 11 is 6.06. The molecule has 0 radical (unpaired) electrons. The van der Waals surface area contributed by atoms with Gasteiger partial charge in [-0.05, 0) is 67.3 Å². The van der Waals surface area contributed by atoms with Gasteiger partial charge in [0.05, 0.1) is 12.0 Å². The summed E-state index contributed by atoms with van der Waals surface area (Å²) in [5, 5.41) is 3.28. The van der Waals surface area contributed by atoms with Crippen molar-refractivity contribution in [2.24, 2.45) is 0 Å². The maximum Gasteiger partial charge on any atom is 0.242 e. The first-order valence-electron chi connectivity index (χ1n) is 9.97. The molecule has 8 heteroatoms. The standard InChI is InChI=1S/C24H25ClN2O4S/c1-16-9-10-19(25)15-21(16)26-24(28)22(14-18-7-5-4-6-8-18)27-32(29,30)20-11-12-23(31-3)17(2)13-20/h4-13,15,22,27H,14H2,1-3H3,(H,26,28)/t22-/m0/s1. The lowest BCUT2D eigenvalue weighted by Crippen LogP contribution is -2.45. The zero-order valence-electron chi connectivity index (χ0n) is 18.1. The third kappa shape index (κ3) is 5.88. The first-order chi connectivity index (χ1) is 15.2. The van der Waals surface area contributed by atoms with Crippen molar-refractivity contribution in [2.45, 2.75) is 31.2 Å². The number of carbonyl (C=O) groups excluding carboxylic acids is 1. The Bertz CT molecular complexity index is 1210. The molecular weight excluding hydrogens is 448 g/mol. The molecular formula is C24H25ClN2O4S. The van der Waals surface area contributed by atoms with Gasteiger partial charge < -0.3 is 10.1 Å². The highest BCUT2D eigenvalue weighted by Gasteiger charge is 2.27. The summed E-state index contributed by atoms with van der Waals surface area (Å²) in [5.41, 5.74) is 2.84. The van der Waals surface area contributed by atoms with E-state index < -0.39 is 22.0 Å². The van der Waals surface area contributed by atoms with Gasteiger partial charge in [-0.15, -0.1) is 0 Å². The second kappa shape index (κ2) is 10.2. The smallest absolute Gasteiger partial charge is 0.242 e. The average Bonchev–Trinajstić information content (AvgIpc) is 2.76. The molecule has 32 heavy (non-hydrogen) atoms. The third-order valence-corrected chi connectivity index (χ3v) is 6.74. The molecule has 0 saturated heterocycles. The maximum atomic E-state index is 13.2. The van der Waals surface area contributed by atoms with Crippen LogP contribution in [0.25, 0.3) is 0 Å². The predicted octanol–water partition coefficient (Wildman–Crippen LogP) is 4.49. The molecule has 6 nitrogen and oxygen atoms in total. The molecule has 0 spiro atoms. The first-order valence-corrected chi connectivity index (χ1v) is 11.8. The molecule has 3 aromatic rings. The number of halogens is 1. The number of sulfonamides is 1. The number of hydrogen-bond donors (Lipinski definition) is 2. The summed E-state index contributed by atoms with van der Waals surface area (Å²) in [6.07, 6.45) is 0.181.